The van der Waals surface area contributed by atoms with E-state index >= 15 is 0 Å². The van der Waals surface area contributed by atoms with Crippen molar-refractivity contribution < 1.29 is 9.53 Å². The van der Waals surface area contributed by atoms with E-state index < -0.39 is 0 Å². The molecule has 3 aromatic rings. The van der Waals surface area contributed by atoms with Crippen molar-refractivity contribution in [2.24, 2.45) is 0 Å². The summed E-state index contributed by atoms with van der Waals surface area (Å²) in [5.41, 5.74) is 1.03. The molecular formula is C19H23N3O2S2. The third-order valence-electron chi connectivity index (χ3n) is 4.94. The Morgan fingerprint density at radius 2 is 2.31 bits per heavy atom. The van der Waals surface area contributed by atoms with Crippen molar-refractivity contribution in [3.63, 3.8) is 0 Å². The van der Waals surface area contributed by atoms with Crippen LogP contribution in [0.1, 0.15) is 24.8 Å². The molecule has 1 amide bonds. The minimum atomic E-state index is -0.0787. The first-order valence-corrected chi connectivity index (χ1v) is 10.6. The maximum Gasteiger partial charge on any atom is 0.257 e. The molecule has 7 heteroatoms. The Labute approximate surface area is 161 Å². The molecule has 0 radical (unpaired) electrons. The van der Waals surface area contributed by atoms with E-state index in [9.17, 15) is 4.79 Å². The molecule has 1 aliphatic rings. The summed E-state index contributed by atoms with van der Waals surface area (Å²) in [6.07, 6.45) is 2.54. The first-order valence-electron chi connectivity index (χ1n) is 8.91. The second-order valence-corrected chi connectivity index (χ2v) is 9.11. The molecule has 2 heterocycles. The van der Waals surface area contributed by atoms with Crippen LogP contribution in [-0.4, -0.2) is 48.1 Å². The standard InChI is InChI=1S/C19H23N3O2S2/c1-11(22(3)13-4-5-13)9-20-17(23)10-24-15-8-16-18(21-12(2)26-16)19-14(15)6-7-25-19/h6-8,11,13H,4-5,9-10H2,1-3H3,(H,20,23). The fourth-order valence-electron chi connectivity index (χ4n) is 3.15. The number of carbonyl (C=O) groups is 1. The monoisotopic (exact) mass is 389 g/mol. The number of rotatable bonds is 7. The van der Waals surface area contributed by atoms with Crippen molar-refractivity contribution in [2.45, 2.75) is 38.8 Å². The highest BCUT2D eigenvalue weighted by atomic mass is 32.1. The number of benzene rings is 1. The van der Waals surface area contributed by atoms with Gasteiger partial charge in [-0.05, 0) is 45.2 Å². The van der Waals surface area contributed by atoms with Gasteiger partial charge >= 0.3 is 0 Å². The first kappa shape index (κ1) is 17.7. The number of likely N-dealkylation sites (N-methyl/N-ethyl adjacent to an activating group) is 1. The quantitative estimate of drug-likeness (QED) is 0.668. The van der Waals surface area contributed by atoms with Crippen LogP contribution in [0.5, 0.6) is 5.75 Å². The second kappa shape index (κ2) is 7.13. The van der Waals surface area contributed by atoms with E-state index in [1.807, 2.05) is 24.4 Å². The summed E-state index contributed by atoms with van der Waals surface area (Å²) in [4.78, 5) is 19.2. The van der Waals surface area contributed by atoms with Gasteiger partial charge in [0.25, 0.3) is 5.91 Å². The molecular weight excluding hydrogens is 366 g/mol. The van der Waals surface area contributed by atoms with Crippen LogP contribution in [-0.2, 0) is 4.79 Å². The molecule has 26 heavy (non-hydrogen) atoms. The summed E-state index contributed by atoms with van der Waals surface area (Å²) in [5, 5.41) is 7.10. The molecule has 1 aromatic carbocycles. The first-order chi connectivity index (χ1) is 12.5. The molecule has 138 valence electrons. The predicted molar refractivity (Wildman–Crippen MR) is 108 cm³/mol. The van der Waals surface area contributed by atoms with Crippen molar-refractivity contribution in [1.82, 2.24) is 15.2 Å². The maximum absolute atomic E-state index is 12.2. The number of hydrogen-bond donors (Lipinski definition) is 1. The minimum absolute atomic E-state index is 0.0358. The van der Waals surface area contributed by atoms with Gasteiger partial charge in [-0.2, -0.15) is 0 Å². The minimum Gasteiger partial charge on any atom is -0.483 e. The highest BCUT2D eigenvalue weighted by molar-refractivity contribution is 7.21. The van der Waals surface area contributed by atoms with Crippen molar-refractivity contribution >= 4 is 48.9 Å². The van der Waals surface area contributed by atoms with Crippen LogP contribution in [0.3, 0.4) is 0 Å². The summed E-state index contributed by atoms with van der Waals surface area (Å²) >= 11 is 3.32. The molecule has 2 aromatic heterocycles. The van der Waals surface area contributed by atoms with E-state index in [4.69, 9.17) is 4.74 Å². The fourth-order valence-corrected chi connectivity index (χ4v) is 4.98. The third-order valence-corrected chi connectivity index (χ3v) is 6.78. The average molecular weight is 390 g/mol. The highest BCUT2D eigenvalue weighted by Crippen LogP contribution is 2.38. The Morgan fingerprint density at radius 1 is 1.50 bits per heavy atom. The Hall–Kier alpha value is -1.70. The number of hydrogen-bond acceptors (Lipinski definition) is 6. The topological polar surface area (TPSA) is 54.5 Å². The van der Waals surface area contributed by atoms with Crippen LogP contribution in [0.4, 0.5) is 0 Å². The van der Waals surface area contributed by atoms with Crippen LogP contribution < -0.4 is 10.1 Å². The molecule has 0 spiro atoms. The van der Waals surface area contributed by atoms with E-state index in [0.717, 1.165) is 31.1 Å². The largest absolute Gasteiger partial charge is 0.483 e. The summed E-state index contributed by atoms with van der Waals surface area (Å²) in [6, 6.07) is 5.08. The van der Waals surface area contributed by atoms with E-state index in [1.165, 1.54) is 12.8 Å². The van der Waals surface area contributed by atoms with Gasteiger partial charge < -0.3 is 10.1 Å². The number of thiophene rings is 1. The van der Waals surface area contributed by atoms with Gasteiger partial charge in [-0.25, -0.2) is 4.98 Å². The maximum atomic E-state index is 12.2. The van der Waals surface area contributed by atoms with E-state index in [-0.39, 0.29) is 12.5 Å². The predicted octanol–water partition coefficient (Wildman–Crippen LogP) is 3.80. The molecule has 4 rings (SSSR count). The number of amides is 1. The SMILES string of the molecule is Cc1nc2c(cc(OCC(=O)NCC(C)N(C)C3CC3)c3ccsc32)s1. The fraction of sp³-hybridized carbons (Fsp3) is 0.474. The lowest BCUT2D eigenvalue weighted by Gasteiger charge is -2.24. The van der Waals surface area contributed by atoms with Gasteiger partial charge in [-0.15, -0.1) is 22.7 Å². The lowest BCUT2D eigenvalue weighted by atomic mass is 10.2. The molecule has 1 aliphatic carbocycles. The van der Waals surface area contributed by atoms with E-state index in [1.54, 1.807) is 22.7 Å². The number of thiazole rings is 1. The molecule has 1 N–H and O–H groups in total. The van der Waals surface area contributed by atoms with Crippen molar-refractivity contribution in [3.8, 4) is 5.75 Å². The molecule has 1 fully saturated rings. The Morgan fingerprint density at radius 3 is 3.08 bits per heavy atom. The van der Waals surface area contributed by atoms with Crippen LogP contribution in [0, 0.1) is 6.92 Å². The molecule has 1 atom stereocenters. The van der Waals surface area contributed by atoms with Crippen molar-refractivity contribution in [2.75, 3.05) is 20.2 Å². The van der Waals surface area contributed by atoms with Gasteiger partial charge in [-0.3, -0.25) is 9.69 Å². The lowest BCUT2D eigenvalue weighted by molar-refractivity contribution is -0.123. The third kappa shape index (κ3) is 3.56. The van der Waals surface area contributed by atoms with Crippen molar-refractivity contribution in [3.05, 3.63) is 22.5 Å². The van der Waals surface area contributed by atoms with Gasteiger partial charge in [-0.1, -0.05) is 0 Å². The number of aromatic nitrogens is 1. The van der Waals surface area contributed by atoms with E-state index in [2.05, 4.69) is 29.2 Å². The van der Waals surface area contributed by atoms with Crippen molar-refractivity contribution in [1.29, 1.82) is 0 Å². The number of aryl methyl sites for hydroxylation is 1. The van der Waals surface area contributed by atoms with Crippen LogP contribution in [0.25, 0.3) is 20.3 Å². The zero-order valence-corrected chi connectivity index (χ0v) is 16.9. The summed E-state index contributed by atoms with van der Waals surface area (Å²) in [7, 11) is 2.13. The number of carbonyl (C=O) groups excluding carboxylic acids is 1. The second-order valence-electron chi connectivity index (χ2n) is 6.96. The molecule has 5 nitrogen and oxygen atoms in total. The number of nitrogens with one attached hydrogen (secondary N) is 1. The molecule has 1 unspecified atom stereocenters. The van der Waals surface area contributed by atoms with Crippen LogP contribution in [0.2, 0.25) is 0 Å². The molecule has 0 aliphatic heterocycles. The summed E-state index contributed by atoms with van der Waals surface area (Å²) in [5.74, 6) is 0.681. The highest BCUT2D eigenvalue weighted by Gasteiger charge is 2.29. The number of fused-ring (bicyclic) bond motifs is 3. The van der Waals surface area contributed by atoms with Gasteiger partial charge in [0, 0.05) is 30.1 Å². The Balaban J connectivity index is 1.40. The summed E-state index contributed by atoms with van der Waals surface area (Å²) in [6.45, 7) is 4.84. The Bertz CT molecular complexity index is 945. The zero-order chi connectivity index (χ0) is 18.3. The van der Waals surface area contributed by atoms with E-state index in [0.29, 0.717) is 18.6 Å². The summed E-state index contributed by atoms with van der Waals surface area (Å²) < 4.78 is 8.10. The smallest absolute Gasteiger partial charge is 0.257 e. The normalized spacial score (nSPS) is 15.7. The van der Waals surface area contributed by atoms with Gasteiger partial charge in [0.1, 0.15) is 5.75 Å². The van der Waals surface area contributed by atoms with Crippen LogP contribution >= 0.6 is 22.7 Å². The average Bonchev–Trinajstić information content (AvgIpc) is 3.22. The van der Waals surface area contributed by atoms with Crippen LogP contribution in [0.15, 0.2) is 17.5 Å². The van der Waals surface area contributed by atoms with Gasteiger partial charge in [0.15, 0.2) is 6.61 Å². The molecule has 0 bridgehead atoms. The van der Waals surface area contributed by atoms with Gasteiger partial charge in [0.05, 0.1) is 19.9 Å². The number of nitrogens with zero attached hydrogens (tertiary/aromatic N) is 2. The molecule has 0 saturated heterocycles. The molecule has 1 saturated carbocycles. The Kier molecular flexibility index (Phi) is 4.86. The van der Waals surface area contributed by atoms with Gasteiger partial charge in [0.2, 0.25) is 0 Å². The lowest BCUT2D eigenvalue weighted by Crippen LogP contribution is -2.42. The zero-order valence-electron chi connectivity index (χ0n) is 15.2. The number of ether oxygens (including phenoxy) is 1.